The molecule has 4 heterocycles. The molecule has 0 spiro atoms. The normalized spacial score (nSPS) is 18.5. The lowest BCUT2D eigenvalue weighted by Crippen LogP contribution is -2.45. The SMILES string of the molecule is CC1CN(c2ccc(NC(=O)/C(=C/c3ccco3)n3nnnc3-c3ccccc3)cn2)CC(C)O1. The van der Waals surface area contributed by atoms with Gasteiger partial charge in [-0.3, -0.25) is 4.79 Å². The Labute approximate surface area is 202 Å². The largest absolute Gasteiger partial charge is 0.465 e. The third-order valence-electron chi connectivity index (χ3n) is 5.53. The average molecular weight is 472 g/mol. The molecule has 3 aromatic heterocycles. The van der Waals surface area contributed by atoms with Crippen LogP contribution in [-0.2, 0) is 9.53 Å². The Balaban J connectivity index is 1.40. The third kappa shape index (κ3) is 5.12. The van der Waals surface area contributed by atoms with Crippen molar-refractivity contribution in [2.75, 3.05) is 23.3 Å². The van der Waals surface area contributed by atoms with Gasteiger partial charge in [0.25, 0.3) is 5.91 Å². The van der Waals surface area contributed by atoms with Crippen LogP contribution in [0.3, 0.4) is 0 Å². The number of carbonyl (C=O) groups excluding carboxylic acids is 1. The van der Waals surface area contributed by atoms with Gasteiger partial charge in [0, 0.05) is 24.7 Å². The van der Waals surface area contributed by atoms with Gasteiger partial charge in [-0.2, -0.15) is 4.68 Å². The number of pyridine rings is 1. The summed E-state index contributed by atoms with van der Waals surface area (Å²) in [6.45, 7) is 5.63. The van der Waals surface area contributed by atoms with Crippen molar-refractivity contribution in [1.82, 2.24) is 25.2 Å². The zero-order valence-corrected chi connectivity index (χ0v) is 19.4. The molecular formula is C25H25N7O3. The van der Waals surface area contributed by atoms with Gasteiger partial charge in [0.2, 0.25) is 0 Å². The first kappa shape index (κ1) is 22.5. The van der Waals surface area contributed by atoms with Gasteiger partial charge in [-0.1, -0.05) is 30.3 Å². The smallest absolute Gasteiger partial charge is 0.274 e. The predicted molar refractivity (Wildman–Crippen MR) is 131 cm³/mol. The number of amides is 1. The molecule has 1 aromatic carbocycles. The maximum atomic E-state index is 13.4. The van der Waals surface area contributed by atoms with E-state index in [2.05, 4.69) is 30.7 Å². The van der Waals surface area contributed by atoms with Crippen LogP contribution in [0.4, 0.5) is 11.5 Å². The Bertz CT molecular complexity index is 1290. The van der Waals surface area contributed by atoms with Crippen molar-refractivity contribution in [3.05, 3.63) is 72.8 Å². The van der Waals surface area contributed by atoms with Gasteiger partial charge >= 0.3 is 0 Å². The molecule has 2 unspecified atom stereocenters. The van der Waals surface area contributed by atoms with Crippen molar-refractivity contribution in [2.24, 2.45) is 0 Å². The Morgan fingerprint density at radius 1 is 1.06 bits per heavy atom. The molecule has 0 saturated carbocycles. The topological polar surface area (TPSA) is 111 Å². The van der Waals surface area contributed by atoms with Crippen LogP contribution in [-0.4, -0.2) is 56.4 Å². The molecule has 1 aliphatic rings. The minimum absolute atomic E-state index is 0.129. The van der Waals surface area contributed by atoms with Gasteiger partial charge in [-0.25, -0.2) is 4.98 Å². The Hall–Kier alpha value is -4.31. The Kier molecular flexibility index (Phi) is 6.36. The van der Waals surface area contributed by atoms with Crippen molar-refractivity contribution in [3.63, 3.8) is 0 Å². The maximum absolute atomic E-state index is 13.4. The summed E-state index contributed by atoms with van der Waals surface area (Å²) in [6, 6.07) is 16.6. The highest BCUT2D eigenvalue weighted by Gasteiger charge is 2.24. The molecule has 5 rings (SSSR count). The number of morpholine rings is 1. The molecule has 35 heavy (non-hydrogen) atoms. The summed E-state index contributed by atoms with van der Waals surface area (Å²) in [4.78, 5) is 20.1. The van der Waals surface area contributed by atoms with E-state index in [0.717, 1.165) is 24.5 Å². The summed E-state index contributed by atoms with van der Waals surface area (Å²) in [5.74, 6) is 1.36. The zero-order valence-electron chi connectivity index (χ0n) is 19.4. The first-order valence-electron chi connectivity index (χ1n) is 11.3. The van der Waals surface area contributed by atoms with E-state index >= 15 is 0 Å². The van der Waals surface area contributed by atoms with Gasteiger partial charge < -0.3 is 19.4 Å². The molecule has 0 aliphatic carbocycles. The van der Waals surface area contributed by atoms with E-state index in [9.17, 15) is 4.79 Å². The number of benzene rings is 1. The van der Waals surface area contributed by atoms with Crippen LogP contribution in [0.2, 0.25) is 0 Å². The van der Waals surface area contributed by atoms with Crippen LogP contribution in [0, 0.1) is 0 Å². The third-order valence-corrected chi connectivity index (χ3v) is 5.53. The van der Waals surface area contributed by atoms with Gasteiger partial charge in [0.05, 0.1) is 30.4 Å². The molecule has 4 aromatic rings. The monoisotopic (exact) mass is 471 g/mol. The first-order valence-corrected chi connectivity index (χ1v) is 11.3. The second kappa shape index (κ2) is 9.90. The van der Waals surface area contributed by atoms with E-state index in [1.54, 1.807) is 24.4 Å². The first-order chi connectivity index (χ1) is 17.1. The Morgan fingerprint density at radius 2 is 1.86 bits per heavy atom. The molecule has 1 amide bonds. The van der Waals surface area contributed by atoms with Crippen molar-refractivity contribution >= 4 is 29.2 Å². The highest BCUT2D eigenvalue weighted by molar-refractivity contribution is 6.24. The van der Waals surface area contributed by atoms with E-state index in [-0.39, 0.29) is 17.9 Å². The highest BCUT2D eigenvalue weighted by Crippen LogP contribution is 2.23. The van der Waals surface area contributed by atoms with Gasteiger partial charge in [0.15, 0.2) is 5.82 Å². The number of furan rings is 1. The highest BCUT2D eigenvalue weighted by atomic mass is 16.5. The molecular weight excluding hydrogens is 446 g/mol. The van der Waals surface area contributed by atoms with Crippen molar-refractivity contribution in [2.45, 2.75) is 26.1 Å². The average Bonchev–Trinajstić information content (AvgIpc) is 3.55. The van der Waals surface area contributed by atoms with Crippen LogP contribution >= 0.6 is 0 Å². The fourth-order valence-electron chi connectivity index (χ4n) is 4.05. The lowest BCUT2D eigenvalue weighted by atomic mass is 10.2. The number of aromatic nitrogens is 5. The number of hydrogen-bond donors (Lipinski definition) is 1. The molecule has 0 radical (unpaired) electrons. The molecule has 178 valence electrons. The van der Waals surface area contributed by atoms with Gasteiger partial charge in [-0.05, 0) is 48.5 Å². The molecule has 0 bridgehead atoms. The minimum atomic E-state index is -0.408. The fourth-order valence-corrected chi connectivity index (χ4v) is 4.05. The van der Waals surface area contributed by atoms with Gasteiger partial charge in [0.1, 0.15) is 17.3 Å². The van der Waals surface area contributed by atoms with Crippen molar-refractivity contribution in [1.29, 1.82) is 0 Å². The second-order valence-corrected chi connectivity index (χ2v) is 8.35. The molecule has 1 fully saturated rings. The molecule has 2 atom stereocenters. The van der Waals surface area contributed by atoms with Crippen LogP contribution in [0.25, 0.3) is 23.2 Å². The van der Waals surface area contributed by atoms with E-state index in [0.29, 0.717) is 17.3 Å². The summed E-state index contributed by atoms with van der Waals surface area (Å²) in [7, 11) is 0. The maximum Gasteiger partial charge on any atom is 0.274 e. The van der Waals surface area contributed by atoms with E-state index in [1.165, 1.54) is 10.9 Å². The summed E-state index contributed by atoms with van der Waals surface area (Å²) in [5.41, 5.74) is 1.52. The van der Waals surface area contributed by atoms with E-state index < -0.39 is 5.91 Å². The van der Waals surface area contributed by atoms with Crippen molar-refractivity contribution < 1.29 is 13.9 Å². The summed E-state index contributed by atoms with van der Waals surface area (Å²) >= 11 is 0. The number of hydrogen-bond acceptors (Lipinski definition) is 8. The fraction of sp³-hybridized carbons (Fsp3) is 0.240. The number of nitrogens with one attached hydrogen (secondary N) is 1. The number of ether oxygens (including phenoxy) is 1. The number of carbonyl (C=O) groups is 1. The number of anilines is 2. The standard InChI is InChI=1S/C25H25N7O3/c1-17-15-31(16-18(2)35-17)23-11-10-20(14-26-23)27-25(33)22(13-21-9-6-12-34-21)32-24(28-29-30-32)19-7-4-3-5-8-19/h3-14,17-18H,15-16H2,1-2H3,(H,27,33)/b22-13-. The molecule has 1 aliphatic heterocycles. The summed E-state index contributed by atoms with van der Waals surface area (Å²) < 4.78 is 12.6. The van der Waals surface area contributed by atoms with E-state index in [4.69, 9.17) is 9.15 Å². The van der Waals surface area contributed by atoms with Crippen LogP contribution in [0.15, 0.2) is 71.5 Å². The van der Waals surface area contributed by atoms with Crippen LogP contribution in [0.5, 0.6) is 0 Å². The molecule has 1 N–H and O–H groups in total. The number of tetrazole rings is 1. The van der Waals surface area contributed by atoms with E-state index in [1.807, 2.05) is 56.3 Å². The lowest BCUT2D eigenvalue weighted by Gasteiger charge is -2.36. The number of rotatable bonds is 6. The summed E-state index contributed by atoms with van der Waals surface area (Å²) in [5, 5.41) is 14.9. The second-order valence-electron chi connectivity index (χ2n) is 8.35. The predicted octanol–water partition coefficient (Wildman–Crippen LogP) is 3.58. The quantitative estimate of drug-likeness (QED) is 0.425. The molecule has 10 heteroatoms. The van der Waals surface area contributed by atoms with Crippen molar-refractivity contribution in [3.8, 4) is 11.4 Å². The molecule has 10 nitrogen and oxygen atoms in total. The van der Waals surface area contributed by atoms with Gasteiger partial charge in [-0.15, -0.1) is 5.10 Å². The minimum Gasteiger partial charge on any atom is -0.465 e. The van der Waals surface area contributed by atoms with Crippen LogP contribution in [0.1, 0.15) is 19.6 Å². The number of nitrogens with zero attached hydrogens (tertiary/aromatic N) is 6. The molecule has 1 saturated heterocycles. The Morgan fingerprint density at radius 3 is 2.54 bits per heavy atom. The summed E-state index contributed by atoms with van der Waals surface area (Å²) in [6.07, 6.45) is 5.03. The van der Waals surface area contributed by atoms with Crippen LogP contribution < -0.4 is 10.2 Å². The zero-order chi connectivity index (χ0) is 24.2. The lowest BCUT2D eigenvalue weighted by molar-refractivity contribution is -0.111.